The van der Waals surface area contributed by atoms with Crippen LogP contribution in [0.2, 0.25) is 0 Å². The minimum Gasteiger partial charge on any atom is -0.486 e. The number of rotatable bonds is 17. The van der Waals surface area contributed by atoms with E-state index in [1.807, 2.05) is 45.0 Å². The van der Waals surface area contributed by atoms with Gasteiger partial charge in [-0.2, -0.15) is 5.10 Å². The Hall–Kier alpha value is -7.03. The van der Waals surface area contributed by atoms with Crippen molar-refractivity contribution in [1.29, 1.82) is 0 Å². The van der Waals surface area contributed by atoms with E-state index in [9.17, 15) is 29.1 Å². The van der Waals surface area contributed by atoms with Gasteiger partial charge in [0.25, 0.3) is 11.5 Å². The molecule has 4 amide bonds. The third-order valence-electron chi connectivity index (χ3n) is 11.6. The van der Waals surface area contributed by atoms with Gasteiger partial charge in [0.05, 0.1) is 40.6 Å². The van der Waals surface area contributed by atoms with Gasteiger partial charge in [0.15, 0.2) is 5.58 Å². The van der Waals surface area contributed by atoms with Gasteiger partial charge in [-0.25, -0.2) is 24.4 Å². The fourth-order valence-electron chi connectivity index (χ4n) is 7.67. The van der Waals surface area contributed by atoms with Crippen molar-refractivity contribution in [1.82, 2.24) is 40.3 Å². The zero-order chi connectivity index (χ0) is 50.5. The second-order valence-corrected chi connectivity index (χ2v) is 20.4. The smallest absolute Gasteiger partial charge is 0.407 e. The van der Waals surface area contributed by atoms with Crippen LogP contribution < -0.4 is 26.2 Å². The number of aromatic nitrogens is 5. The predicted molar refractivity (Wildman–Crippen MR) is 262 cm³/mol. The van der Waals surface area contributed by atoms with E-state index in [0.29, 0.717) is 34.7 Å². The maximum absolute atomic E-state index is 14.1. The number of hydrogen-bond donors (Lipinski definition) is 4. The van der Waals surface area contributed by atoms with Gasteiger partial charge in [-0.05, 0) is 87.6 Å². The van der Waals surface area contributed by atoms with Gasteiger partial charge in [-0.1, -0.05) is 45.0 Å². The van der Waals surface area contributed by atoms with Crippen LogP contribution in [0.3, 0.4) is 0 Å². The molecule has 0 bridgehead atoms. The first-order valence-corrected chi connectivity index (χ1v) is 23.7. The van der Waals surface area contributed by atoms with Crippen LogP contribution in [-0.4, -0.2) is 108 Å². The Labute approximate surface area is 409 Å². The molecular weight excluding hydrogens is 919 g/mol. The molecule has 1 aliphatic rings. The van der Waals surface area contributed by atoms with E-state index in [2.05, 4.69) is 36.0 Å². The van der Waals surface area contributed by atoms with Gasteiger partial charge in [0.2, 0.25) is 17.7 Å². The molecule has 0 aliphatic carbocycles. The van der Waals surface area contributed by atoms with Crippen LogP contribution in [0.5, 0.6) is 5.75 Å². The second kappa shape index (κ2) is 20.9. The summed E-state index contributed by atoms with van der Waals surface area (Å²) in [5.74, 6) is -0.687. The maximum Gasteiger partial charge on any atom is 0.407 e. The highest BCUT2D eigenvalue weighted by Crippen LogP contribution is 2.30. The number of likely N-dealkylation sites (tertiary alicyclic amines) is 1. The third kappa shape index (κ3) is 12.8. The van der Waals surface area contributed by atoms with E-state index >= 15 is 0 Å². The summed E-state index contributed by atoms with van der Waals surface area (Å²) >= 11 is 1.56. The fourth-order valence-corrected chi connectivity index (χ4v) is 8.48. The van der Waals surface area contributed by atoms with E-state index in [1.54, 1.807) is 81.8 Å². The molecule has 0 spiro atoms. The highest BCUT2D eigenvalue weighted by atomic mass is 32.1. The largest absolute Gasteiger partial charge is 0.486 e. The molecule has 1 unspecified atom stereocenters. The Kier molecular flexibility index (Phi) is 15.2. The average molecular weight is 978 g/mol. The summed E-state index contributed by atoms with van der Waals surface area (Å²) in [6, 6.07) is 16.9. The fraction of sp³-hybridized carbons (Fsp3) is 0.420. The Balaban J connectivity index is 0.853. The molecule has 70 heavy (non-hydrogen) atoms. The van der Waals surface area contributed by atoms with Crippen LogP contribution in [0, 0.1) is 12.3 Å². The van der Waals surface area contributed by atoms with Crippen LogP contribution in [-0.2, 0) is 32.7 Å². The zero-order valence-electron chi connectivity index (χ0n) is 40.7. The van der Waals surface area contributed by atoms with Crippen molar-refractivity contribution in [3.8, 4) is 27.8 Å². The van der Waals surface area contributed by atoms with E-state index in [-0.39, 0.29) is 49.9 Å². The molecule has 1 saturated heterocycles. The number of aliphatic hydroxyl groups is 1. The molecule has 7 rings (SSSR count). The first-order chi connectivity index (χ1) is 33.0. The molecule has 19 nitrogen and oxygen atoms in total. The lowest BCUT2D eigenvalue weighted by atomic mass is 9.85. The first kappa shape index (κ1) is 50.8. The van der Waals surface area contributed by atoms with Crippen molar-refractivity contribution in [3.05, 3.63) is 106 Å². The van der Waals surface area contributed by atoms with Crippen molar-refractivity contribution >= 4 is 51.9 Å². The maximum atomic E-state index is 14.1. The molecule has 4 aromatic heterocycles. The highest BCUT2D eigenvalue weighted by Gasteiger charge is 2.45. The number of aliphatic hydroxyl groups excluding tert-OH is 1. The number of anilines is 1. The van der Waals surface area contributed by atoms with Crippen molar-refractivity contribution < 1.29 is 42.9 Å². The van der Waals surface area contributed by atoms with Gasteiger partial charge in [0, 0.05) is 44.7 Å². The number of nitrogens with one attached hydrogen (secondary N) is 3. The van der Waals surface area contributed by atoms with Gasteiger partial charge in [-0.3, -0.25) is 19.2 Å². The van der Waals surface area contributed by atoms with Gasteiger partial charge in [0.1, 0.15) is 46.9 Å². The standard InChI is InChI=1S/C50H59N9O10S/c1-29-41(70-28-53-29)31-12-10-30(11-13-31)24-52-44(63)38-23-33(60)26-59(38)46(64)42(48(2,3)4)56-47(65)66-27-50(7,8)67-21-20-49(5,6)69-34-15-16-35(51-25-34)43(62)54-32-14-18-39-37(22-32)55-45(68-39)36-17-19-40(61)58(9)57-36/h10-19,22,25,28,33,38,42,60H,20-21,23-24,26-27H2,1-9H3,(H,52,63)(H,54,62)(H,56,65)/t33-,38+,42?/m0/s1. The SMILES string of the molecule is Cc1ncsc1-c1ccc(CNC(=O)[C@H]2C[C@H](O)CN2C(=O)C(NC(=O)OCC(C)(C)OCCC(C)(C)Oc2ccc(C(=O)Nc3ccc4oc(-c5ccc(=O)n(C)n5)nc4c3)nc2)C(C)(C)C)cc1. The van der Waals surface area contributed by atoms with Crippen molar-refractivity contribution in [2.24, 2.45) is 12.5 Å². The number of aryl methyl sites for hydroxylation is 2. The molecule has 2 aromatic carbocycles. The predicted octanol–water partition coefficient (Wildman–Crippen LogP) is 6.43. The molecular formula is C50H59N9O10S. The number of carbonyl (C=O) groups excluding carboxylic acids is 4. The molecule has 4 N–H and O–H groups in total. The number of oxazole rings is 1. The molecule has 1 aliphatic heterocycles. The number of carbonyl (C=O) groups is 4. The van der Waals surface area contributed by atoms with Gasteiger partial charge >= 0.3 is 6.09 Å². The molecule has 1 fully saturated rings. The molecule has 3 atom stereocenters. The van der Waals surface area contributed by atoms with Crippen LogP contribution in [0.4, 0.5) is 10.5 Å². The average Bonchev–Trinajstić information content (AvgIpc) is 4.05. The minimum absolute atomic E-state index is 0.0599. The number of ether oxygens (including phenoxy) is 3. The second-order valence-electron chi connectivity index (χ2n) is 19.5. The van der Waals surface area contributed by atoms with E-state index in [4.69, 9.17) is 18.6 Å². The number of thiazole rings is 1. The number of alkyl carbamates (subject to hydrolysis) is 1. The summed E-state index contributed by atoms with van der Waals surface area (Å²) in [6.45, 7) is 14.9. The molecule has 0 saturated carbocycles. The topological polar surface area (TPSA) is 242 Å². The molecule has 20 heteroatoms. The number of β-amino-alcohol motifs (C(OH)–C–C–N with tert-alkyl or cyclic N) is 1. The summed E-state index contributed by atoms with van der Waals surface area (Å²) in [5.41, 5.74) is 3.96. The number of nitrogens with zero attached hydrogens (tertiary/aromatic N) is 6. The summed E-state index contributed by atoms with van der Waals surface area (Å²) in [4.78, 5) is 81.2. The first-order valence-electron chi connectivity index (χ1n) is 22.8. The number of hydrogen-bond acceptors (Lipinski definition) is 15. The molecule has 370 valence electrons. The van der Waals surface area contributed by atoms with E-state index in [1.165, 1.54) is 35.0 Å². The summed E-state index contributed by atoms with van der Waals surface area (Å²) < 4.78 is 24.9. The Bertz CT molecular complexity index is 2900. The third-order valence-corrected chi connectivity index (χ3v) is 12.6. The molecule has 6 aromatic rings. The van der Waals surface area contributed by atoms with Crippen molar-refractivity contribution in [2.75, 3.05) is 25.1 Å². The van der Waals surface area contributed by atoms with Crippen LogP contribution in [0.1, 0.15) is 83.1 Å². The van der Waals surface area contributed by atoms with Crippen molar-refractivity contribution in [2.45, 2.75) is 104 Å². The normalized spacial score (nSPS) is 15.7. The van der Waals surface area contributed by atoms with Gasteiger partial charge < -0.3 is 44.6 Å². The minimum atomic E-state index is -1.08. The van der Waals surface area contributed by atoms with Crippen LogP contribution in [0.15, 0.2) is 87.6 Å². The molecule has 0 radical (unpaired) electrons. The highest BCUT2D eigenvalue weighted by molar-refractivity contribution is 7.13. The number of benzene rings is 2. The summed E-state index contributed by atoms with van der Waals surface area (Å²) in [7, 11) is 1.53. The monoisotopic (exact) mass is 977 g/mol. The summed E-state index contributed by atoms with van der Waals surface area (Å²) in [5, 5.41) is 23.2. The molecule has 5 heterocycles. The van der Waals surface area contributed by atoms with Crippen molar-refractivity contribution in [3.63, 3.8) is 0 Å². The van der Waals surface area contributed by atoms with Crippen LogP contribution in [0.25, 0.3) is 33.1 Å². The number of amides is 4. The lowest BCUT2D eigenvalue weighted by molar-refractivity contribution is -0.142. The number of fused-ring (bicyclic) bond motifs is 1. The quantitative estimate of drug-likeness (QED) is 0.0770. The Morgan fingerprint density at radius 3 is 2.39 bits per heavy atom. The Morgan fingerprint density at radius 2 is 1.71 bits per heavy atom. The lowest BCUT2D eigenvalue weighted by Gasteiger charge is -2.35. The number of pyridine rings is 1. The van der Waals surface area contributed by atoms with E-state index in [0.717, 1.165) is 21.7 Å². The van der Waals surface area contributed by atoms with Crippen LogP contribution >= 0.6 is 11.3 Å². The lowest BCUT2D eigenvalue weighted by Crippen LogP contribution is -2.58. The Morgan fingerprint density at radius 1 is 0.957 bits per heavy atom. The zero-order valence-corrected chi connectivity index (χ0v) is 41.5. The summed E-state index contributed by atoms with van der Waals surface area (Å²) in [6.07, 6.45) is 0.213. The van der Waals surface area contributed by atoms with E-state index < -0.39 is 58.6 Å². The van der Waals surface area contributed by atoms with Gasteiger partial charge in [-0.15, -0.1) is 11.3 Å².